The molecule has 0 aliphatic carbocycles. The largest absolute Gasteiger partial charge is 0.445 e. The molecule has 0 N–H and O–H groups in total. The van der Waals surface area contributed by atoms with Crippen molar-refractivity contribution in [3.8, 4) is 6.07 Å². The number of hydrogen-bond acceptors (Lipinski definition) is 3. The van der Waals surface area contributed by atoms with Gasteiger partial charge in [-0.05, 0) is 17.7 Å². The van der Waals surface area contributed by atoms with Crippen LogP contribution in [0.25, 0.3) is 0 Å². The van der Waals surface area contributed by atoms with Crippen LogP contribution in [-0.2, 0) is 11.3 Å². The first-order chi connectivity index (χ1) is 7.13. The molecule has 0 fully saturated rings. The molecular formula is C11H12N2O2. The van der Waals surface area contributed by atoms with E-state index in [1.165, 1.54) is 4.90 Å². The van der Waals surface area contributed by atoms with Crippen molar-refractivity contribution < 1.29 is 9.53 Å². The molecular weight excluding hydrogens is 192 g/mol. The highest BCUT2D eigenvalue weighted by Gasteiger charge is 2.04. The van der Waals surface area contributed by atoms with Crippen molar-refractivity contribution >= 4 is 6.09 Å². The molecule has 0 atom stereocenters. The number of ether oxygens (including phenoxy) is 1. The molecule has 0 radical (unpaired) electrons. The molecule has 0 unspecified atom stereocenters. The highest BCUT2D eigenvalue weighted by atomic mass is 16.6. The number of nitriles is 1. The first kappa shape index (κ1) is 11.1. The highest BCUT2D eigenvalue weighted by Crippen LogP contribution is 2.05. The molecule has 15 heavy (non-hydrogen) atoms. The summed E-state index contributed by atoms with van der Waals surface area (Å²) in [7, 11) is 3.25. The second-order valence-corrected chi connectivity index (χ2v) is 3.26. The quantitative estimate of drug-likeness (QED) is 0.737. The van der Waals surface area contributed by atoms with Crippen molar-refractivity contribution in [1.29, 1.82) is 5.26 Å². The Hall–Kier alpha value is -2.02. The lowest BCUT2D eigenvalue weighted by atomic mass is 10.2. The van der Waals surface area contributed by atoms with Crippen LogP contribution < -0.4 is 0 Å². The zero-order chi connectivity index (χ0) is 11.3. The maximum Gasteiger partial charge on any atom is 0.409 e. The molecule has 0 saturated carbocycles. The van der Waals surface area contributed by atoms with Gasteiger partial charge in [0.05, 0.1) is 11.6 Å². The van der Waals surface area contributed by atoms with Crippen LogP contribution in [0.2, 0.25) is 0 Å². The zero-order valence-corrected chi connectivity index (χ0v) is 8.73. The monoisotopic (exact) mass is 204 g/mol. The number of carbonyl (C=O) groups is 1. The van der Waals surface area contributed by atoms with Gasteiger partial charge >= 0.3 is 6.09 Å². The fraction of sp³-hybridized carbons (Fsp3) is 0.273. The van der Waals surface area contributed by atoms with Gasteiger partial charge in [0.2, 0.25) is 0 Å². The van der Waals surface area contributed by atoms with Crippen molar-refractivity contribution in [2.24, 2.45) is 0 Å². The summed E-state index contributed by atoms with van der Waals surface area (Å²) < 4.78 is 4.97. The predicted molar refractivity (Wildman–Crippen MR) is 55.0 cm³/mol. The van der Waals surface area contributed by atoms with Crippen LogP contribution in [-0.4, -0.2) is 25.1 Å². The minimum absolute atomic E-state index is 0.225. The second-order valence-electron chi connectivity index (χ2n) is 3.26. The lowest BCUT2D eigenvalue weighted by molar-refractivity contribution is 0.112. The first-order valence-corrected chi connectivity index (χ1v) is 4.46. The van der Waals surface area contributed by atoms with Gasteiger partial charge in [-0.2, -0.15) is 5.26 Å². The minimum atomic E-state index is -0.376. The van der Waals surface area contributed by atoms with Crippen LogP contribution in [0.4, 0.5) is 4.79 Å². The third kappa shape index (κ3) is 3.31. The molecule has 0 spiro atoms. The number of nitrogens with zero attached hydrogens (tertiary/aromatic N) is 2. The summed E-state index contributed by atoms with van der Waals surface area (Å²) in [6.45, 7) is 0.225. The van der Waals surface area contributed by atoms with Gasteiger partial charge in [0, 0.05) is 14.1 Å². The van der Waals surface area contributed by atoms with Crippen molar-refractivity contribution in [3.63, 3.8) is 0 Å². The molecule has 78 valence electrons. The van der Waals surface area contributed by atoms with E-state index in [4.69, 9.17) is 10.00 Å². The summed E-state index contributed by atoms with van der Waals surface area (Å²) in [6, 6.07) is 8.94. The summed E-state index contributed by atoms with van der Waals surface area (Å²) >= 11 is 0. The number of carbonyl (C=O) groups excluding carboxylic acids is 1. The molecule has 4 heteroatoms. The lowest BCUT2D eigenvalue weighted by Crippen LogP contribution is -2.22. The number of amides is 1. The van der Waals surface area contributed by atoms with Crippen molar-refractivity contribution in [2.45, 2.75) is 6.61 Å². The SMILES string of the molecule is CN(C)C(=O)OCc1ccc(C#N)cc1. The summed E-state index contributed by atoms with van der Waals surface area (Å²) in [6.07, 6.45) is -0.376. The van der Waals surface area contributed by atoms with Gasteiger partial charge in [0.15, 0.2) is 0 Å². The maximum atomic E-state index is 11.1. The zero-order valence-electron chi connectivity index (χ0n) is 8.73. The fourth-order valence-corrected chi connectivity index (χ4v) is 0.950. The van der Waals surface area contributed by atoms with Crippen LogP contribution in [0.15, 0.2) is 24.3 Å². The van der Waals surface area contributed by atoms with Gasteiger partial charge in [-0.25, -0.2) is 4.79 Å². The summed E-state index contributed by atoms with van der Waals surface area (Å²) in [4.78, 5) is 12.5. The van der Waals surface area contributed by atoms with Crippen LogP contribution in [0, 0.1) is 11.3 Å². The standard InChI is InChI=1S/C11H12N2O2/c1-13(2)11(14)15-8-10-5-3-9(7-12)4-6-10/h3-6H,8H2,1-2H3. The summed E-state index contributed by atoms with van der Waals surface area (Å²) in [5, 5.41) is 8.58. The number of rotatable bonds is 2. The van der Waals surface area contributed by atoms with Crippen molar-refractivity contribution in [2.75, 3.05) is 14.1 Å². The van der Waals surface area contributed by atoms with Crippen LogP contribution >= 0.6 is 0 Å². The van der Waals surface area contributed by atoms with Gasteiger partial charge in [-0.1, -0.05) is 12.1 Å². The van der Waals surface area contributed by atoms with Crippen LogP contribution in [0.5, 0.6) is 0 Å². The highest BCUT2D eigenvalue weighted by molar-refractivity contribution is 5.66. The van der Waals surface area contributed by atoms with Crippen LogP contribution in [0.1, 0.15) is 11.1 Å². The molecule has 4 nitrogen and oxygen atoms in total. The Bertz CT molecular complexity index is 377. The van der Waals surface area contributed by atoms with E-state index in [0.717, 1.165) is 5.56 Å². The van der Waals surface area contributed by atoms with Gasteiger partial charge in [0.25, 0.3) is 0 Å². The molecule has 0 aromatic heterocycles. The Balaban J connectivity index is 2.52. The minimum Gasteiger partial charge on any atom is -0.445 e. The van der Waals surface area contributed by atoms with E-state index in [1.54, 1.807) is 38.4 Å². The van der Waals surface area contributed by atoms with E-state index in [0.29, 0.717) is 5.56 Å². The van der Waals surface area contributed by atoms with Gasteiger partial charge < -0.3 is 9.64 Å². The van der Waals surface area contributed by atoms with Crippen molar-refractivity contribution in [3.05, 3.63) is 35.4 Å². The Morgan fingerprint density at radius 2 is 2.00 bits per heavy atom. The van der Waals surface area contributed by atoms with E-state index in [1.807, 2.05) is 6.07 Å². The number of benzene rings is 1. The third-order valence-corrected chi connectivity index (χ3v) is 1.81. The van der Waals surface area contributed by atoms with E-state index >= 15 is 0 Å². The molecule has 0 aliphatic rings. The molecule has 0 bridgehead atoms. The molecule has 1 aromatic rings. The predicted octanol–water partition coefficient (Wildman–Crippen LogP) is 1.76. The summed E-state index contributed by atoms with van der Waals surface area (Å²) in [5.74, 6) is 0. The molecule has 1 aromatic carbocycles. The molecule has 0 heterocycles. The van der Waals surface area contributed by atoms with E-state index in [9.17, 15) is 4.79 Å². The Labute approximate surface area is 88.7 Å². The normalized spacial score (nSPS) is 9.13. The molecule has 0 saturated heterocycles. The second kappa shape index (κ2) is 5.01. The fourth-order valence-electron chi connectivity index (χ4n) is 0.950. The first-order valence-electron chi connectivity index (χ1n) is 4.46. The van der Waals surface area contributed by atoms with Gasteiger partial charge in [-0.15, -0.1) is 0 Å². The van der Waals surface area contributed by atoms with E-state index in [-0.39, 0.29) is 12.7 Å². The molecule has 1 rings (SSSR count). The lowest BCUT2D eigenvalue weighted by Gasteiger charge is -2.10. The van der Waals surface area contributed by atoms with Gasteiger partial charge in [-0.3, -0.25) is 0 Å². The average Bonchev–Trinajstić information content (AvgIpc) is 2.26. The van der Waals surface area contributed by atoms with Gasteiger partial charge in [0.1, 0.15) is 6.61 Å². The van der Waals surface area contributed by atoms with E-state index in [2.05, 4.69) is 0 Å². The molecule has 1 amide bonds. The topological polar surface area (TPSA) is 53.3 Å². The van der Waals surface area contributed by atoms with E-state index < -0.39 is 0 Å². The van der Waals surface area contributed by atoms with Crippen molar-refractivity contribution in [1.82, 2.24) is 4.90 Å². The third-order valence-electron chi connectivity index (χ3n) is 1.81. The van der Waals surface area contributed by atoms with Crippen LogP contribution in [0.3, 0.4) is 0 Å². The maximum absolute atomic E-state index is 11.1. The smallest absolute Gasteiger partial charge is 0.409 e. The Morgan fingerprint density at radius 1 is 1.40 bits per heavy atom. The Kier molecular flexibility index (Phi) is 3.69. The average molecular weight is 204 g/mol. The number of hydrogen-bond donors (Lipinski definition) is 0. The summed E-state index contributed by atoms with van der Waals surface area (Å²) in [5.41, 5.74) is 1.46. The molecule has 0 aliphatic heterocycles. The Morgan fingerprint density at radius 3 is 2.47 bits per heavy atom.